The molecular formula is C16H23N3O2. The first-order valence-corrected chi connectivity index (χ1v) is 7.41. The van der Waals surface area contributed by atoms with Crippen molar-refractivity contribution >= 4 is 17.5 Å². The highest BCUT2D eigenvalue weighted by Gasteiger charge is 2.34. The van der Waals surface area contributed by atoms with Gasteiger partial charge in [-0.05, 0) is 37.4 Å². The van der Waals surface area contributed by atoms with Crippen LogP contribution in [0, 0.1) is 11.8 Å². The van der Waals surface area contributed by atoms with Gasteiger partial charge in [0.25, 0.3) is 0 Å². The maximum absolute atomic E-state index is 12.4. The number of nitrogens with two attached hydrogens (primary N) is 1. The van der Waals surface area contributed by atoms with Crippen molar-refractivity contribution in [3.63, 3.8) is 0 Å². The number of para-hydroxylation sites is 1. The molecule has 0 bridgehead atoms. The average molecular weight is 289 g/mol. The number of carbonyl (C=O) groups excluding carboxylic acids is 2. The van der Waals surface area contributed by atoms with E-state index in [-0.39, 0.29) is 30.2 Å². The van der Waals surface area contributed by atoms with E-state index in [1.165, 1.54) is 4.90 Å². The predicted molar refractivity (Wildman–Crippen MR) is 82.6 cm³/mol. The Bertz CT molecular complexity index is 490. The minimum Gasteiger partial charge on any atom is -0.336 e. The number of nitrogens with zero attached hydrogens (tertiary/aromatic N) is 1. The summed E-state index contributed by atoms with van der Waals surface area (Å²) in [5.74, 6) is 0.0900. The SMILES string of the molecule is CN(CC(=O)Nc1ccccc1)C(=O)C1CCCC1CN. The van der Waals surface area contributed by atoms with Crippen LogP contribution >= 0.6 is 0 Å². The van der Waals surface area contributed by atoms with E-state index in [0.29, 0.717) is 6.54 Å². The molecule has 114 valence electrons. The minimum atomic E-state index is -0.181. The van der Waals surface area contributed by atoms with Gasteiger partial charge in [-0.3, -0.25) is 9.59 Å². The van der Waals surface area contributed by atoms with E-state index in [2.05, 4.69) is 5.32 Å². The molecule has 0 heterocycles. The van der Waals surface area contributed by atoms with E-state index < -0.39 is 0 Å². The Balaban J connectivity index is 1.87. The van der Waals surface area contributed by atoms with E-state index in [0.717, 1.165) is 24.9 Å². The summed E-state index contributed by atoms with van der Waals surface area (Å²) in [7, 11) is 1.68. The van der Waals surface area contributed by atoms with Crippen LogP contribution in [0.25, 0.3) is 0 Å². The van der Waals surface area contributed by atoms with Gasteiger partial charge in [0.05, 0.1) is 6.54 Å². The fraction of sp³-hybridized carbons (Fsp3) is 0.500. The second kappa shape index (κ2) is 7.22. The zero-order valence-electron chi connectivity index (χ0n) is 12.4. The van der Waals surface area contributed by atoms with Gasteiger partial charge in [0.1, 0.15) is 0 Å². The maximum atomic E-state index is 12.4. The molecule has 1 aliphatic rings. The van der Waals surface area contributed by atoms with Gasteiger partial charge in [-0.15, -0.1) is 0 Å². The molecule has 21 heavy (non-hydrogen) atoms. The number of hydrogen-bond donors (Lipinski definition) is 2. The Hall–Kier alpha value is -1.88. The quantitative estimate of drug-likeness (QED) is 0.861. The topological polar surface area (TPSA) is 75.4 Å². The van der Waals surface area contributed by atoms with Crippen molar-refractivity contribution in [1.29, 1.82) is 0 Å². The van der Waals surface area contributed by atoms with Crippen molar-refractivity contribution in [3.05, 3.63) is 30.3 Å². The van der Waals surface area contributed by atoms with Gasteiger partial charge in [-0.1, -0.05) is 24.6 Å². The van der Waals surface area contributed by atoms with Gasteiger partial charge >= 0.3 is 0 Å². The third-order valence-corrected chi connectivity index (χ3v) is 4.09. The molecule has 3 N–H and O–H groups in total. The second-order valence-corrected chi connectivity index (χ2v) is 5.64. The number of hydrogen-bond acceptors (Lipinski definition) is 3. The summed E-state index contributed by atoms with van der Waals surface area (Å²) in [5.41, 5.74) is 6.46. The number of likely N-dealkylation sites (N-methyl/N-ethyl adjacent to an activating group) is 1. The third kappa shape index (κ3) is 4.04. The molecule has 5 nitrogen and oxygen atoms in total. The molecule has 5 heteroatoms. The number of carbonyl (C=O) groups is 2. The largest absolute Gasteiger partial charge is 0.336 e. The van der Waals surface area contributed by atoms with Crippen LogP contribution in [0.4, 0.5) is 5.69 Å². The monoisotopic (exact) mass is 289 g/mol. The lowest BCUT2D eigenvalue weighted by atomic mass is 9.95. The lowest BCUT2D eigenvalue weighted by molar-refractivity contribution is -0.137. The molecule has 2 unspecified atom stereocenters. The normalized spacial score (nSPS) is 21.0. The first-order chi connectivity index (χ1) is 10.1. The first-order valence-electron chi connectivity index (χ1n) is 7.41. The second-order valence-electron chi connectivity index (χ2n) is 5.64. The van der Waals surface area contributed by atoms with Crippen LogP contribution in [0.15, 0.2) is 30.3 Å². The van der Waals surface area contributed by atoms with E-state index in [1.807, 2.05) is 30.3 Å². The molecule has 1 aromatic rings. The fourth-order valence-electron chi connectivity index (χ4n) is 2.94. The highest BCUT2D eigenvalue weighted by molar-refractivity contribution is 5.94. The molecule has 0 aliphatic heterocycles. The van der Waals surface area contributed by atoms with E-state index in [4.69, 9.17) is 5.73 Å². The summed E-state index contributed by atoms with van der Waals surface area (Å²) < 4.78 is 0. The van der Waals surface area contributed by atoms with Gasteiger partial charge in [0.2, 0.25) is 11.8 Å². The average Bonchev–Trinajstić information content (AvgIpc) is 2.95. The van der Waals surface area contributed by atoms with Crippen molar-refractivity contribution < 1.29 is 9.59 Å². The number of benzene rings is 1. The Kier molecular flexibility index (Phi) is 5.33. The third-order valence-electron chi connectivity index (χ3n) is 4.09. The molecule has 2 rings (SSSR count). The molecule has 2 atom stereocenters. The summed E-state index contributed by atoms with van der Waals surface area (Å²) in [5, 5.41) is 2.79. The van der Waals surface area contributed by atoms with Crippen molar-refractivity contribution in [2.24, 2.45) is 17.6 Å². The lowest BCUT2D eigenvalue weighted by Crippen LogP contribution is -2.40. The molecule has 1 saturated carbocycles. The van der Waals surface area contributed by atoms with E-state index in [9.17, 15) is 9.59 Å². The first kappa shape index (κ1) is 15.5. The Morgan fingerprint density at radius 2 is 2.00 bits per heavy atom. The van der Waals surface area contributed by atoms with E-state index in [1.54, 1.807) is 7.05 Å². The summed E-state index contributed by atoms with van der Waals surface area (Å²) in [6.07, 6.45) is 2.94. The summed E-state index contributed by atoms with van der Waals surface area (Å²) >= 11 is 0. The van der Waals surface area contributed by atoms with Crippen LogP contribution < -0.4 is 11.1 Å². The summed E-state index contributed by atoms with van der Waals surface area (Å²) in [6.45, 7) is 0.613. The molecule has 0 radical (unpaired) electrons. The van der Waals surface area contributed by atoms with Crippen LogP contribution in [0.2, 0.25) is 0 Å². The number of amides is 2. The number of rotatable bonds is 5. The molecule has 0 aromatic heterocycles. The highest BCUT2D eigenvalue weighted by Crippen LogP contribution is 2.32. The highest BCUT2D eigenvalue weighted by atomic mass is 16.2. The molecule has 1 aliphatic carbocycles. The van der Waals surface area contributed by atoms with Gasteiger partial charge < -0.3 is 16.0 Å². The molecule has 1 aromatic carbocycles. The summed E-state index contributed by atoms with van der Waals surface area (Å²) in [4.78, 5) is 25.9. The molecule has 0 spiro atoms. The van der Waals surface area contributed by atoms with E-state index >= 15 is 0 Å². The zero-order valence-corrected chi connectivity index (χ0v) is 12.4. The maximum Gasteiger partial charge on any atom is 0.243 e. The standard InChI is InChI=1S/C16H23N3O2/c1-19(16(21)14-9-5-6-12(14)10-17)11-15(20)18-13-7-3-2-4-8-13/h2-4,7-8,12,14H,5-6,9-11,17H2,1H3,(H,18,20). The molecular weight excluding hydrogens is 266 g/mol. The zero-order chi connectivity index (χ0) is 15.2. The fourth-order valence-corrected chi connectivity index (χ4v) is 2.94. The van der Waals surface area contributed by atoms with Crippen LogP contribution in [0.1, 0.15) is 19.3 Å². The Labute approximate surface area is 125 Å². The van der Waals surface area contributed by atoms with Gasteiger partial charge in [-0.2, -0.15) is 0 Å². The molecule has 1 fully saturated rings. The van der Waals surface area contributed by atoms with Crippen LogP contribution in [-0.2, 0) is 9.59 Å². The van der Waals surface area contributed by atoms with Crippen molar-refractivity contribution in [2.45, 2.75) is 19.3 Å². The summed E-state index contributed by atoms with van der Waals surface area (Å²) in [6, 6.07) is 9.24. The minimum absolute atomic E-state index is 0.0236. The lowest BCUT2D eigenvalue weighted by Gasteiger charge is -2.24. The smallest absolute Gasteiger partial charge is 0.243 e. The predicted octanol–water partition coefficient (Wildman–Crippen LogP) is 1.46. The van der Waals surface area contributed by atoms with Crippen LogP contribution in [0.3, 0.4) is 0 Å². The van der Waals surface area contributed by atoms with Crippen LogP contribution in [0.5, 0.6) is 0 Å². The molecule has 2 amide bonds. The number of nitrogens with one attached hydrogen (secondary N) is 1. The Morgan fingerprint density at radius 3 is 2.67 bits per heavy atom. The number of anilines is 1. The van der Waals surface area contributed by atoms with Gasteiger partial charge in [0, 0.05) is 18.7 Å². The van der Waals surface area contributed by atoms with Crippen molar-refractivity contribution in [3.8, 4) is 0 Å². The van der Waals surface area contributed by atoms with Gasteiger partial charge in [0.15, 0.2) is 0 Å². The van der Waals surface area contributed by atoms with Crippen molar-refractivity contribution in [1.82, 2.24) is 4.90 Å². The van der Waals surface area contributed by atoms with Crippen LogP contribution in [-0.4, -0.2) is 36.9 Å². The Morgan fingerprint density at radius 1 is 1.29 bits per heavy atom. The molecule has 0 saturated heterocycles. The van der Waals surface area contributed by atoms with Gasteiger partial charge in [-0.25, -0.2) is 0 Å². The van der Waals surface area contributed by atoms with Crippen molar-refractivity contribution in [2.75, 3.05) is 25.5 Å².